The maximum absolute atomic E-state index is 13.0. The van der Waals surface area contributed by atoms with E-state index in [9.17, 15) is 9.59 Å². The van der Waals surface area contributed by atoms with Gasteiger partial charge in [0.15, 0.2) is 0 Å². The van der Waals surface area contributed by atoms with E-state index < -0.39 is 6.04 Å². The highest BCUT2D eigenvalue weighted by Crippen LogP contribution is 2.23. The summed E-state index contributed by atoms with van der Waals surface area (Å²) >= 11 is 6.03. The van der Waals surface area contributed by atoms with Crippen LogP contribution in [0.3, 0.4) is 0 Å². The number of rotatable bonds is 8. The first-order valence-electron chi connectivity index (χ1n) is 9.28. The predicted octanol–water partition coefficient (Wildman–Crippen LogP) is 3.77. The molecule has 0 saturated heterocycles. The van der Waals surface area contributed by atoms with Gasteiger partial charge < -0.3 is 19.7 Å². The molecule has 2 amide bonds. The van der Waals surface area contributed by atoms with Gasteiger partial charge in [0, 0.05) is 30.2 Å². The molecule has 0 radical (unpaired) electrons. The molecule has 0 aliphatic rings. The van der Waals surface area contributed by atoms with E-state index >= 15 is 0 Å². The summed E-state index contributed by atoms with van der Waals surface area (Å²) in [6, 6.07) is 11.6. The highest BCUT2D eigenvalue weighted by Gasteiger charge is 2.27. The molecule has 29 heavy (non-hydrogen) atoms. The Kier molecular flexibility index (Phi) is 7.91. The standard InChI is InChI=1S/C22H27ClN2O4/c1-14(2)20(22(27)25(3)13-15-7-6-8-17(23)9-15)24-21(26)16-10-18(28-4)12-19(11-16)29-5/h6-12,14,20H,13H2,1-5H3,(H,24,26). The molecule has 0 aromatic heterocycles. The van der Waals surface area contributed by atoms with Crippen molar-refractivity contribution in [1.29, 1.82) is 0 Å². The van der Waals surface area contributed by atoms with E-state index in [4.69, 9.17) is 21.1 Å². The summed E-state index contributed by atoms with van der Waals surface area (Å²) in [5, 5.41) is 3.46. The summed E-state index contributed by atoms with van der Waals surface area (Å²) in [5.41, 5.74) is 1.27. The minimum Gasteiger partial charge on any atom is -0.497 e. The highest BCUT2D eigenvalue weighted by molar-refractivity contribution is 6.30. The molecule has 0 aliphatic heterocycles. The number of hydrogen-bond donors (Lipinski definition) is 1. The Bertz CT molecular complexity index is 847. The van der Waals surface area contributed by atoms with E-state index in [0.717, 1.165) is 5.56 Å². The topological polar surface area (TPSA) is 67.9 Å². The number of nitrogens with one attached hydrogen (secondary N) is 1. The summed E-state index contributed by atoms with van der Waals surface area (Å²) in [5.74, 6) is 0.356. The summed E-state index contributed by atoms with van der Waals surface area (Å²) in [4.78, 5) is 27.4. The molecular weight excluding hydrogens is 392 g/mol. The Morgan fingerprint density at radius 1 is 1.07 bits per heavy atom. The SMILES string of the molecule is COc1cc(OC)cc(C(=O)NC(C(=O)N(C)Cc2cccc(Cl)c2)C(C)C)c1. The number of carbonyl (C=O) groups is 2. The van der Waals surface area contributed by atoms with E-state index in [-0.39, 0.29) is 17.7 Å². The highest BCUT2D eigenvalue weighted by atomic mass is 35.5. The fourth-order valence-corrected chi connectivity index (χ4v) is 3.11. The Morgan fingerprint density at radius 2 is 1.69 bits per heavy atom. The maximum atomic E-state index is 13.0. The van der Waals surface area contributed by atoms with Crippen LogP contribution in [0.25, 0.3) is 0 Å². The summed E-state index contributed by atoms with van der Waals surface area (Å²) < 4.78 is 10.4. The first-order chi connectivity index (χ1) is 13.7. The zero-order chi connectivity index (χ0) is 21.6. The molecule has 1 atom stereocenters. The van der Waals surface area contributed by atoms with Crippen molar-refractivity contribution in [1.82, 2.24) is 10.2 Å². The second-order valence-electron chi connectivity index (χ2n) is 7.12. The molecule has 2 aromatic carbocycles. The van der Waals surface area contributed by atoms with Crippen LogP contribution in [0.4, 0.5) is 0 Å². The number of carbonyl (C=O) groups excluding carboxylic acids is 2. The van der Waals surface area contributed by atoms with E-state index in [1.807, 2.05) is 32.0 Å². The molecule has 2 aromatic rings. The van der Waals surface area contributed by atoms with Crippen LogP contribution in [-0.4, -0.2) is 44.0 Å². The number of nitrogens with zero attached hydrogens (tertiary/aromatic N) is 1. The fraction of sp³-hybridized carbons (Fsp3) is 0.364. The molecule has 0 fully saturated rings. The second-order valence-corrected chi connectivity index (χ2v) is 7.56. The van der Waals surface area contributed by atoms with Gasteiger partial charge in [0.1, 0.15) is 17.5 Å². The molecule has 0 heterocycles. The Labute approximate surface area is 176 Å². The number of halogens is 1. The van der Waals surface area contributed by atoms with Crippen molar-refractivity contribution < 1.29 is 19.1 Å². The van der Waals surface area contributed by atoms with Crippen molar-refractivity contribution in [2.45, 2.75) is 26.4 Å². The van der Waals surface area contributed by atoms with Gasteiger partial charge >= 0.3 is 0 Å². The molecule has 0 bridgehead atoms. The number of hydrogen-bond acceptors (Lipinski definition) is 4. The van der Waals surface area contributed by atoms with Gasteiger partial charge in [0.25, 0.3) is 5.91 Å². The molecule has 0 spiro atoms. The third-order valence-corrected chi connectivity index (χ3v) is 4.75. The Morgan fingerprint density at radius 3 is 2.21 bits per heavy atom. The van der Waals surface area contributed by atoms with Crippen molar-refractivity contribution in [3.8, 4) is 11.5 Å². The average molecular weight is 419 g/mol. The lowest BCUT2D eigenvalue weighted by Gasteiger charge is -2.27. The predicted molar refractivity (Wildman–Crippen MR) is 114 cm³/mol. The lowest BCUT2D eigenvalue weighted by Crippen LogP contribution is -2.50. The maximum Gasteiger partial charge on any atom is 0.252 e. The number of ether oxygens (including phenoxy) is 2. The van der Waals surface area contributed by atoms with Crippen molar-refractivity contribution >= 4 is 23.4 Å². The quantitative estimate of drug-likeness (QED) is 0.708. The molecule has 7 heteroatoms. The van der Waals surface area contributed by atoms with Gasteiger partial charge in [-0.15, -0.1) is 0 Å². The van der Waals surface area contributed by atoms with Crippen molar-refractivity contribution in [3.05, 3.63) is 58.6 Å². The van der Waals surface area contributed by atoms with E-state index in [1.54, 1.807) is 36.2 Å². The van der Waals surface area contributed by atoms with Gasteiger partial charge in [-0.05, 0) is 35.7 Å². The third-order valence-electron chi connectivity index (χ3n) is 4.52. The van der Waals surface area contributed by atoms with Gasteiger partial charge in [-0.25, -0.2) is 0 Å². The summed E-state index contributed by atoms with van der Waals surface area (Å²) in [6.07, 6.45) is 0. The second kappa shape index (κ2) is 10.2. The van der Waals surface area contributed by atoms with Crippen molar-refractivity contribution in [2.24, 2.45) is 5.92 Å². The molecule has 2 rings (SSSR count). The molecule has 0 aliphatic carbocycles. The monoisotopic (exact) mass is 418 g/mol. The fourth-order valence-electron chi connectivity index (χ4n) is 2.90. The lowest BCUT2D eigenvalue weighted by molar-refractivity contribution is -0.133. The zero-order valence-electron chi connectivity index (χ0n) is 17.4. The van der Waals surface area contributed by atoms with Crippen LogP contribution in [0.5, 0.6) is 11.5 Å². The smallest absolute Gasteiger partial charge is 0.252 e. The Hall–Kier alpha value is -2.73. The van der Waals surface area contributed by atoms with Crippen LogP contribution in [0.15, 0.2) is 42.5 Å². The summed E-state index contributed by atoms with van der Waals surface area (Å²) in [6.45, 7) is 4.18. The first-order valence-corrected chi connectivity index (χ1v) is 9.66. The zero-order valence-corrected chi connectivity index (χ0v) is 18.1. The molecule has 6 nitrogen and oxygen atoms in total. The molecule has 0 saturated carbocycles. The third kappa shape index (κ3) is 6.12. The molecule has 1 N–H and O–H groups in total. The number of methoxy groups -OCH3 is 2. The van der Waals surface area contributed by atoms with Crippen LogP contribution in [0.2, 0.25) is 5.02 Å². The number of amides is 2. The average Bonchev–Trinajstić information content (AvgIpc) is 2.70. The molecule has 1 unspecified atom stereocenters. The number of benzene rings is 2. The van der Waals surface area contributed by atoms with E-state index in [1.165, 1.54) is 14.2 Å². The van der Waals surface area contributed by atoms with Crippen LogP contribution in [-0.2, 0) is 11.3 Å². The van der Waals surface area contributed by atoms with E-state index in [2.05, 4.69) is 5.32 Å². The number of likely N-dealkylation sites (N-methyl/N-ethyl adjacent to an activating group) is 1. The van der Waals surface area contributed by atoms with Gasteiger partial charge in [0.05, 0.1) is 14.2 Å². The minimum atomic E-state index is -0.677. The van der Waals surface area contributed by atoms with Gasteiger partial charge in [-0.2, -0.15) is 0 Å². The van der Waals surface area contributed by atoms with Crippen LogP contribution >= 0.6 is 11.6 Å². The summed E-state index contributed by atoms with van der Waals surface area (Å²) in [7, 11) is 4.74. The van der Waals surface area contributed by atoms with Crippen LogP contribution < -0.4 is 14.8 Å². The first kappa shape index (κ1) is 22.6. The van der Waals surface area contributed by atoms with Gasteiger partial charge in [-0.1, -0.05) is 37.6 Å². The van der Waals surface area contributed by atoms with Crippen molar-refractivity contribution in [2.75, 3.05) is 21.3 Å². The van der Waals surface area contributed by atoms with Crippen LogP contribution in [0.1, 0.15) is 29.8 Å². The van der Waals surface area contributed by atoms with Crippen molar-refractivity contribution in [3.63, 3.8) is 0 Å². The normalized spacial score (nSPS) is 11.7. The molecular formula is C22H27ClN2O4. The van der Waals surface area contributed by atoms with Crippen LogP contribution in [0, 0.1) is 5.92 Å². The lowest BCUT2D eigenvalue weighted by atomic mass is 10.0. The molecule has 156 valence electrons. The van der Waals surface area contributed by atoms with Gasteiger partial charge in [-0.3, -0.25) is 9.59 Å². The minimum absolute atomic E-state index is 0.0965. The van der Waals surface area contributed by atoms with Gasteiger partial charge in [0.2, 0.25) is 5.91 Å². The van der Waals surface area contributed by atoms with E-state index in [0.29, 0.717) is 28.6 Å². The Balaban J connectivity index is 2.16. The largest absolute Gasteiger partial charge is 0.497 e.